The summed E-state index contributed by atoms with van der Waals surface area (Å²) in [5, 5.41) is 59.7. The average molecular weight is 319 g/mol. The molecule has 0 saturated carbocycles. The molecular weight excluding hydrogens is 302 g/mol. The Bertz CT molecular complexity index is 501. The Hall–Kier alpha value is -2.40. The van der Waals surface area contributed by atoms with E-state index in [1.165, 1.54) is 18.2 Å². The number of aromatic hydroxyl groups is 2. The lowest BCUT2D eigenvalue weighted by molar-refractivity contribution is -0.165. The van der Waals surface area contributed by atoms with E-state index in [1.807, 2.05) is 0 Å². The Morgan fingerprint density at radius 1 is 0.955 bits per heavy atom. The number of carboxylic acids is 2. The Labute approximate surface area is 124 Å². The molecule has 1 rings (SSSR count). The number of carboxylic acid groups (broad SMARTS) is 2. The van der Waals surface area contributed by atoms with Crippen molar-refractivity contribution < 1.29 is 45.3 Å². The lowest BCUT2D eigenvalue weighted by atomic mass is 10.1. The predicted molar refractivity (Wildman–Crippen MR) is 71.1 cm³/mol. The van der Waals surface area contributed by atoms with Gasteiger partial charge < -0.3 is 41.5 Å². The largest absolute Gasteiger partial charge is 0.504 e. The maximum atomic E-state index is 9.77. The summed E-state index contributed by atoms with van der Waals surface area (Å²) in [6.45, 7) is 0.0875. The van der Waals surface area contributed by atoms with Crippen molar-refractivity contribution >= 4 is 11.9 Å². The standard InChI is InChI=1S/C8H11NO3.C4H6O6/c9-4-8(12)5-1-2-6(10)7(11)3-5;5-1(3(7)8)2(6)4(9)10/h1-3,8,10-12H,4,9H2;1-2,5-6H,(H,7,8)(H,9,10)/t8-;1-,2-/m00/s1. The van der Waals surface area contributed by atoms with Crippen LogP contribution in [0.25, 0.3) is 0 Å². The number of hydrogen-bond acceptors (Lipinski definition) is 8. The summed E-state index contributed by atoms with van der Waals surface area (Å²) in [6, 6.07) is 4.10. The number of aliphatic carboxylic acids is 2. The maximum Gasteiger partial charge on any atom is 0.335 e. The van der Waals surface area contributed by atoms with Crippen molar-refractivity contribution in [2.75, 3.05) is 6.54 Å². The van der Waals surface area contributed by atoms with Crippen molar-refractivity contribution in [1.82, 2.24) is 0 Å². The van der Waals surface area contributed by atoms with Crippen LogP contribution in [0.15, 0.2) is 18.2 Å². The first kappa shape index (κ1) is 19.6. The van der Waals surface area contributed by atoms with Crippen LogP contribution < -0.4 is 5.73 Å². The molecule has 10 nitrogen and oxygen atoms in total. The van der Waals surface area contributed by atoms with Crippen molar-refractivity contribution in [2.24, 2.45) is 5.73 Å². The first-order chi connectivity index (χ1) is 10.1. The maximum absolute atomic E-state index is 9.77. The molecule has 3 atom stereocenters. The van der Waals surface area contributed by atoms with E-state index in [0.29, 0.717) is 5.56 Å². The highest BCUT2D eigenvalue weighted by Crippen LogP contribution is 2.27. The lowest BCUT2D eigenvalue weighted by Gasteiger charge is -2.08. The van der Waals surface area contributed by atoms with E-state index in [2.05, 4.69) is 0 Å². The number of phenols is 2. The van der Waals surface area contributed by atoms with E-state index >= 15 is 0 Å². The molecular formula is C12H17NO9. The number of benzene rings is 1. The van der Waals surface area contributed by atoms with E-state index in [9.17, 15) is 14.7 Å². The van der Waals surface area contributed by atoms with Crippen molar-refractivity contribution in [3.8, 4) is 11.5 Å². The van der Waals surface area contributed by atoms with Crippen LogP contribution in [0.1, 0.15) is 11.7 Å². The molecule has 0 aliphatic carbocycles. The molecule has 0 saturated heterocycles. The summed E-state index contributed by atoms with van der Waals surface area (Å²) >= 11 is 0. The van der Waals surface area contributed by atoms with Crippen LogP contribution >= 0.6 is 0 Å². The fourth-order valence-electron chi connectivity index (χ4n) is 1.15. The number of hydrogen-bond donors (Lipinski definition) is 8. The highest BCUT2D eigenvalue weighted by Gasteiger charge is 2.29. The molecule has 0 aromatic heterocycles. The van der Waals surface area contributed by atoms with Crippen LogP contribution in [0.5, 0.6) is 11.5 Å². The second kappa shape index (κ2) is 8.79. The first-order valence-electron chi connectivity index (χ1n) is 5.83. The normalized spacial score (nSPS) is 14.2. The van der Waals surface area contributed by atoms with Gasteiger partial charge in [-0.25, -0.2) is 9.59 Å². The summed E-state index contributed by atoms with van der Waals surface area (Å²) in [5.74, 6) is -3.99. The van der Waals surface area contributed by atoms with E-state index < -0.39 is 30.3 Å². The number of aliphatic hydroxyl groups excluding tert-OH is 3. The van der Waals surface area contributed by atoms with Gasteiger partial charge in [0.1, 0.15) is 0 Å². The van der Waals surface area contributed by atoms with E-state index in [1.54, 1.807) is 0 Å². The quantitative estimate of drug-likeness (QED) is 0.279. The van der Waals surface area contributed by atoms with Gasteiger partial charge in [-0.05, 0) is 17.7 Å². The van der Waals surface area contributed by atoms with Gasteiger partial charge in [0.2, 0.25) is 0 Å². The minimum Gasteiger partial charge on any atom is -0.504 e. The molecule has 0 bridgehead atoms. The van der Waals surface area contributed by atoms with Gasteiger partial charge in [0.05, 0.1) is 6.10 Å². The van der Waals surface area contributed by atoms with Crippen LogP contribution in [0.3, 0.4) is 0 Å². The molecule has 124 valence electrons. The Kier molecular flexibility index (Phi) is 7.83. The zero-order valence-electron chi connectivity index (χ0n) is 11.2. The number of nitrogens with two attached hydrogens (primary N) is 1. The molecule has 9 N–H and O–H groups in total. The van der Waals surface area contributed by atoms with Gasteiger partial charge >= 0.3 is 11.9 Å². The molecule has 10 heteroatoms. The summed E-state index contributed by atoms with van der Waals surface area (Å²) < 4.78 is 0. The molecule has 1 aromatic carbocycles. The molecule has 1 aromatic rings. The van der Waals surface area contributed by atoms with Gasteiger partial charge in [0, 0.05) is 6.54 Å². The van der Waals surface area contributed by atoms with Crippen LogP contribution in [-0.4, -0.2) is 66.4 Å². The van der Waals surface area contributed by atoms with Gasteiger partial charge in [-0.1, -0.05) is 6.07 Å². The van der Waals surface area contributed by atoms with Gasteiger partial charge in [-0.2, -0.15) is 0 Å². The SMILES string of the molecule is NC[C@H](O)c1ccc(O)c(O)c1.O=C(O)[C@@H](O)[C@H](O)C(=O)O. The van der Waals surface area contributed by atoms with Crippen LogP contribution in [0.2, 0.25) is 0 Å². The number of phenolic OH excluding ortho intramolecular Hbond substituents is 2. The smallest absolute Gasteiger partial charge is 0.335 e. The van der Waals surface area contributed by atoms with E-state index in [0.717, 1.165) is 0 Å². The summed E-state index contributed by atoms with van der Waals surface area (Å²) in [6.07, 6.45) is -5.33. The molecule has 0 heterocycles. The van der Waals surface area contributed by atoms with Crippen molar-refractivity contribution in [1.29, 1.82) is 0 Å². The third kappa shape index (κ3) is 5.93. The van der Waals surface area contributed by atoms with Crippen LogP contribution in [0, 0.1) is 0 Å². The zero-order chi connectivity index (χ0) is 17.4. The predicted octanol–water partition coefficient (Wildman–Crippen LogP) is -2.03. The minimum atomic E-state index is -2.27. The van der Waals surface area contributed by atoms with Gasteiger partial charge in [0.15, 0.2) is 23.7 Å². The monoisotopic (exact) mass is 319 g/mol. The first-order valence-corrected chi connectivity index (χ1v) is 5.83. The summed E-state index contributed by atoms with van der Waals surface area (Å²) in [5.41, 5.74) is 5.69. The highest BCUT2D eigenvalue weighted by atomic mass is 16.4. The second-order valence-electron chi connectivity index (χ2n) is 4.07. The van der Waals surface area contributed by atoms with Crippen LogP contribution in [0.4, 0.5) is 0 Å². The lowest BCUT2D eigenvalue weighted by Crippen LogP contribution is -2.39. The molecule has 0 unspecified atom stereocenters. The summed E-state index contributed by atoms with van der Waals surface area (Å²) in [4.78, 5) is 19.5. The van der Waals surface area contributed by atoms with Crippen LogP contribution in [-0.2, 0) is 9.59 Å². The van der Waals surface area contributed by atoms with E-state index in [4.69, 9.17) is 36.4 Å². The number of aliphatic hydroxyl groups is 3. The fourth-order valence-corrected chi connectivity index (χ4v) is 1.15. The van der Waals surface area contributed by atoms with Crippen molar-refractivity contribution in [3.05, 3.63) is 23.8 Å². The van der Waals surface area contributed by atoms with Gasteiger partial charge in [-0.3, -0.25) is 0 Å². The zero-order valence-corrected chi connectivity index (χ0v) is 11.2. The van der Waals surface area contributed by atoms with Gasteiger partial charge in [0.25, 0.3) is 0 Å². The Morgan fingerprint density at radius 3 is 1.73 bits per heavy atom. The average Bonchev–Trinajstić information content (AvgIpc) is 2.48. The van der Waals surface area contributed by atoms with Gasteiger partial charge in [-0.15, -0.1) is 0 Å². The number of carbonyl (C=O) groups is 2. The molecule has 0 amide bonds. The Balaban J connectivity index is 0.000000409. The number of rotatable bonds is 5. The molecule has 22 heavy (non-hydrogen) atoms. The fraction of sp³-hybridized carbons (Fsp3) is 0.333. The summed E-state index contributed by atoms with van der Waals surface area (Å²) in [7, 11) is 0. The van der Waals surface area contributed by atoms with Crippen molar-refractivity contribution in [3.63, 3.8) is 0 Å². The molecule has 0 radical (unpaired) electrons. The van der Waals surface area contributed by atoms with E-state index in [-0.39, 0.29) is 18.0 Å². The molecule has 0 spiro atoms. The molecule has 0 fully saturated rings. The Morgan fingerprint density at radius 2 is 1.41 bits per heavy atom. The van der Waals surface area contributed by atoms with Crippen molar-refractivity contribution in [2.45, 2.75) is 18.3 Å². The third-order valence-electron chi connectivity index (χ3n) is 2.41. The third-order valence-corrected chi connectivity index (χ3v) is 2.41. The minimum absolute atomic E-state index is 0.0875. The molecule has 0 aliphatic rings. The topological polar surface area (TPSA) is 202 Å². The second-order valence-corrected chi connectivity index (χ2v) is 4.07. The highest BCUT2D eigenvalue weighted by molar-refractivity contribution is 5.83. The molecule has 0 aliphatic heterocycles.